The fourth-order valence-electron chi connectivity index (χ4n) is 1.45. The van der Waals surface area contributed by atoms with E-state index in [1.165, 1.54) is 0 Å². The molecule has 2 N–H and O–H groups in total. The van der Waals surface area contributed by atoms with Crippen molar-refractivity contribution >= 4 is 11.4 Å². The van der Waals surface area contributed by atoms with Crippen molar-refractivity contribution in [2.75, 3.05) is 17.7 Å². The molecule has 0 fully saturated rings. The van der Waals surface area contributed by atoms with Gasteiger partial charge in [0.1, 0.15) is 0 Å². The molecule has 82 valence electrons. The molecule has 0 aromatic heterocycles. The first kappa shape index (κ1) is 11.9. The predicted molar refractivity (Wildman–Crippen MR) is 63.7 cm³/mol. The number of anilines is 2. The summed E-state index contributed by atoms with van der Waals surface area (Å²) in [7, 11) is 1.89. The molecule has 0 aliphatic rings. The molecule has 0 aliphatic carbocycles. The molecule has 0 radical (unpaired) electrons. The lowest BCUT2D eigenvalue weighted by Crippen LogP contribution is -2.29. The van der Waals surface area contributed by atoms with Crippen LogP contribution in [-0.4, -0.2) is 13.1 Å². The van der Waals surface area contributed by atoms with Gasteiger partial charge in [0.05, 0.1) is 35.5 Å². The van der Waals surface area contributed by atoms with Crippen LogP contribution in [0.1, 0.15) is 18.9 Å². The van der Waals surface area contributed by atoms with Crippen LogP contribution in [0.5, 0.6) is 0 Å². The molecule has 0 saturated heterocycles. The Morgan fingerprint density at radius 2 is 2.12 bits per heavy atom. The van der Waals surface area contributed by atoms with Crippen molar-refractivity contribution in [3.63, 3.8) is 0 Å². The highest BCUT2D eigenvalue weighted by atomic mass is 15.1. The molecule has 0 bridgehead atoms. The summed E-state index contributed by atoms with van der Waals surface area (Å²) in [5.74, 6) is 0. The van der Waals surface area contributed by atoms with Crippen molar-refractivity contribution in [3.05, 3.63) is 23.8 Å². The summed E-state index contributed by atoms with van der Waals surface area (Å²) in [6, 6.07) is 9.43. The molecule has 4 heteroatoms. The zero-order chi connectivity index (χ0) is 12.1. The van der Waals surface area contributed by atoms with Crippen LogP contribution in [0.25, 0.3) is 0 Å². The Kier molecular flexibility index (Phi) is 3.74. The number of nitriles is 2. The lowest BCUT2D eigenvalue weighted by molar-refractivity contribution is 0.703. The van der Waals surface area contributed by atoms with Crippen LogP contribution in [0.15, 0.2) is 18.2 Å². The maximum absolute atomic E-state index is 8.72. The van der Waals surface area contributed by atoms with Gasteiger partial charge in [-0.2, -0.15) is 10.5 Å². The molecule has 1 atom stereocenters. The van der Waals surface area contributed by atoms with Crippen LogP contribution in [0.3, 0.4) is 0 Å². The highest BCUT2D eigenvalue weighted by Gasteiger charge is 2.12. The zero-order valence-electron chi connectivity index (χ0n) is 9.44. The lowest BCUT2D eigenvalue weighted by Gasteiger charge is -2.26. The average Bonchev–Trinajstić information content (AvgIpc) is 2.28. The van der Waals surface area contributed by atoms with E-state index in [1.54, 1.807) is 12.1 Å². The smallest absolute Gasteiger partial charge is 0.0992 e. The van der Waals surface area contributed by atoms with Crippen LogP contribution in [0.4, 0.5) is 11.4 Å². The first-order chi connectivity index (χ1) is 7.60. The topological polar surface area (TPSA) is 76.8 Å². The standard InChI is InChI=1S/C12H14N4/c1-9(5-6-13)16(2)12-4-3-10(8-14)7-11(12)15/h3-4,7,9H,5,15H2,1-2H3. The van der Waals surface area contributed by atoms with Gasteiger partial charge in [-0.25, -0.2) is 0 Å². The summed E-state index contributed by atoms with van der Waals surface area (Å²) < 4.78 is 0. The van der Waals surface area contributed by atoms with Gasteiger partial charge in [0.2, 0.25) is 0 Å². The summed E-state index contributed by atoms with van der Waals surface area (Å²) in [5, 5.41) is 17.4. The Balaban J connectivity index is 2.97. The Morgan fingerprint density at radius 3 is 2.62 bits per heavy atom. The third-order valence-corrected chi connectivity index (χ3v) is 2.58. The van der Waals surface area contributed by atoms with Crippen molar-refractivity contribution in [1.29, 1.82) is 10.5 Å². The van der Waals surface area contributed by atoms with Crippen molar-refractivity contribution in [1.82, 2.24) is 0 Å². The number of benzene rings is 1. The Morgan fingerprint density at radius 1 is 1.44 bits per heavy atom. The van der Waals surface area contributed by atoms with Crippen LogP contribution >= 0.6 is 0 Å². The van der Waals surface area contributed by atoms with Gasteiger partial charge >= 0.3 is 0 Å². The fourth-order valence-corrected chi connectivity index (χ4v) is 1.45. The summed E-state index contributed by atoms with van der Waals surface area (Å²) in [6.07, 6.45) is 0.440. The number of hydrogen-bond donors (Lipinski definition) is 1. The van der Waals surface area contributed by atoms with Crippen molar-refractivity contribution in [2.24, 2.45) is 0 Å². The van der Waals surface area contributed by atoms with Gasteiger partial charge in [0.25, 0.3) is 0 Å². The molecule has 0 saturated carbocycles. The fraction of sp³-hybridized carbons (Fsp3) is 0.333. The van der Waals surface area contributed by atoms with Gasteiger partial charge in [-0.05, 0) is 25.1 Å². The first-order valence-electron chi connectivity index (χ1n) is 4.99. The Labute approximate surface area is 95.5 Å². The van der Waals surface area contributed by atoms with Crippen LogP contribution in [0, 0.1) is 22.7 Å². The van der Waals surface area contributed by atoms with Crippen molar-refractivity contribution in [2.45, 2.75) is 19.4 Å². The molecule has 1 rings (SSSR count). The molecular weight excluding hydrogens is 200 g/mol. The third kappa shape index (κ3) is 2.43. The predicted octanol–water partition coefficient (Wildman–Crippen LogP) is 1.88. The van der Waals surface area contributed by atoms with Crippen molar-refractivity contribution < 1.29 is 0 Å². The van der Waals surface area contributed by atoms with E-state index < -0.39 is 0 Å². The molecule has 1 aromatic rings. The second-order valence-corrected chi connectivity index (χ2v) is 3.71. The van der Waals surface area contributed by atoms with E-state index in [0.29, 0.717) is 17.7 Å². The monoisotopic (exact) mass is 214 g/mol. The molecule has 0 aliphatic heterocycles. The summed E-state index contributed by atoms with van der Waals surface area (Å²) in [6.45, 7) is 1.96. The van der Waals surface area contributed by atoms with Gasteiger partial charge in [-0.1, -0.05) is 0 Å². The van der Waals surface area contributed by atoms with Gasteiger partial charge in [0.15, 0.2) is 0 Å². The van der Waals surface area contributed by atoms with E-state index in [-0.39, 0.29) is 6.04 Å². The molecule has 0 amide bonds. The quantitative estimate of drug-likeness (QED) is 0.779. The largest absolute Gasteiger partial charge is 0.397 e. The minimum absolute atomic E-state index is 0.0974. The van der Waals surface area contributed by atoms with E-state index in [2.05, 4.69) is 6.07 Å². The highest BCUT2D eigenvalue weighted by Crippen LogP contribution is 2.25. The van der Waals surface area contributed by atoms with Crippen molar-refractivity contribution in [3.8, 4) is 12.1 Å². The molecule has 1 unspecified atom stereocenters. The summed E-state index contributed by atoms with van der Waals surface area (Å²) in [5.41, 5.74) is 7.81. The van der Waals surface area contributed by atoms with Gasteiger partial charge < -0.3 is 10.6 Å². The van der Waals surface area contributed by atoms with Crippen LogP contribution in [-0.2, 0) is 0 Å². The molecule has 16 heavy (non-hydrogen) atoms. The van der Waals surface area contributed by atoms with Gasteiger partial charge in [-0.3, -0.25) is 0 Å². The molecule has 4 nitrogen and oxygen atoms in total. The second kappa shape index (κ2) is 5.04. The molecule has 1 aromatic carbocycles. The van der Waals surface area contributed by atoms with E-state index in [4.69, 9.17) is 16.3 Å². The first-order valence-corrected chi connectivity index (χ1v) is 4.99. The van der Waals surface area contributed by atoms with Crippen LogP contribution < -0.4 is 10.6 Å². The maximum atomic E-state index is 8.72. The lowest BCUT2D eigenvalue weighted by atomic mass is 10.1. The Hall–Kier alpha value is -2.20. The number of hydrogen-bond acceptors (Lipinski definition) is 4. The number of nitrogens with zero attached hydrogens (tertiary/aromatic N) is 3. The molecule has 0 spiro atoms. The van der Waals surface area contributed by atoms with E-state index in [9.17, 15) is 0 Å². The highest BCUT2D eigenvalue weighted by molar-refractivity contribution is 5.69. The average molecular weight is 214 g/mol. The van der Waals surface area contributed by atoms with E-state index in [1.807, 2.05) is 31.0 Å². The third-order valence-electron chi connectivity index (χ3n) is 2.58. The van der Waals surface area contributed by atoms with E-state index in [0.717, 1.165) is 5.69 Å². The summed E-state index contributed by atoms with van der Waals surface area (Å²) >= 11 is 0. The second-order valence-electron chi connectivity index (χ2n) is 3.71. The maximum Gasteiger partial charge on any atom is 0.0992 e. The minimum atomic E-state index is 0.0974. The summed E-state index contributed by atoms with van der Waals surface area (Å²) in [4.78, 5) is 1.94. The number of nitrogens with two attached hydrogens (primary N) is 1. The van der Waals surface area contributed by atoms with Gasteiger partial charge in [0, 0.05) is 13.1 Å². The zero-order valence-corrected chi connectivity index (χ0v) is 9.44. The number of rotatable bonds is 3. The molecular formula is C12H14N4. The van der Waals surface area contributed by atoms with Gasteiger partial charge in [-0.15, -0.1) is 0 Å². The Bertz CT molecular complexity index is 453. The van der Waals surface area contributed by atoms with E-state index >= 15 is 0 Å². The minimum Gasteiger partial charge on any atom is -0.397 e. The normalized spacial score (nSPS) is 11.2. The van der Waals surface area contributed by atoms with Crippen LogP contribution in [0.2, 0.25) is 0 Å². The molecule has 0 heterocycles. The SMILES string of the molecule is CC(CC#N)N(C)c1ccc(C#N)cc1N. The number of nitrogen functional groups attached to an aromatic ring is 1.